The van der Waals surface area contributed by atoms with Crippen molar-refractivity contribution in [2.75, 3.05) is 0 Å². The molecule has 0 radical (unpaired) electrons. The van der Waals surface area contributed by atoms with E-state index in [2.05, 4.69) is 20.9 Å². The number of pyridine rings is 1. The molecule has 1 aromatic heterocycles. The van der Waals surface area contributed by atoms with Crippen LogP contribution in [0.4, 0.5) is 13.2 Å². The normalized spacial score (nSPS) is 14.1. The third-order valence-electron chi connectivity index (χ3n) is 1.65. The molecule has 0 unspecified atom stereocenters. The predicted molar refractivity (Wildman–Crippen MR) is 49.5 cm³/mol. The van der Waals surface area contributed by atoms with Crippen molar-refractivity contribution in [1.82, 2.24) is 4.98 Å². The fourth-order valence-corrected chi connectivity index (χ4v) is 1.59. The van der Waals surface area contributed by atoms with Crippen LogP contribution in [0.15, 0.2) is 22.9 Å². The quantitative estimate of drug-likeness (QED) is 0.896. The Kier molecular flexibility index (Phi) is 3.49. The Balaban J connectivity index is 2.80. The highest BCUT2D eigenvalue weighted by Gasteiger charge is 2.31. The van der Waals surface area contributed by atoms with Crippen LogP contribution in [-0.4, -0.2) is 11.2 Å². The monoisotopic (exact) mass is 268 g/mol. The summed E-state index contributed by atoms with van der Waals surface area (Å²) in [6.45, 7) is 0. The SMILES string of the molecule is N[C@H](CC(F)(F)F)c1ccncc1Br. The molecule has 14 heavy (non-hydrogen) atoms. The summed E-state index contributed by atoms with van der Waals surface area (Å²) in [6, 6.07) is 0.424. The molecule has 0 spiro atoms. The summed E-state index contributed by atoms with van der Waals surface area (Å²) in [5.41, 5.74) is 5.82. The first-order valence-electron chi connectivity index (χ1n) is 3.82. The first kappa shape index (κ1) is 11.5. The first-order valence-corrected chi connectivity index (χ1v) is 4.61. The standard InChI is InChI=1S/C8H8BrF3N2/c9-6-4-14-2-1-5(6)7(13)3-8(10,11)12/h1-2,4,7H,3,13H2/t7-/m1/s1. The number of rotatable bonds is 2. The maximum atomic E-state index is 12.0. The number of nitrogens with two attached hydrogens (primary N) is 1. The van der Waals surface area contributed by atoms with E-state index in [9.17, 15) is 13.2 Å². The lowest BCUT2D eigenvalue weighted by atomic mass is 10.1. The van der Waals surface area contributed by atoms with Gasteiger partial charge in [0.1, 0.15) is 0 Å². The summed E-state index contributed by atoms with van der Waals surface area (Å²) in [5, 5.41) is 0. The third kappa shape index (κ3) is 3.26. The van der Waals surface area contributed by atoms with Gasteiger partial charge in [-0.3, -0.25) is 4.98 Å². The number of aromatic nitrogens is 1. The van der Waals surface area contributed by atoms with Gasteiger partial charge in [0.2, 0.25) is 0 Å². The Morgan fingerprint density at radius 1 is 1.50 bits per heavy atom. The summed E-state index contributed by atoms with van der Waals surface area (Å²) in [7, 11) is 0. The maximum absolute atomic E-state index is 12.0. The molecule has 0 aromatic carbocycles. The number of hydrogen-bond acceptors (Lipinski definition) is 2. The van der Waals surface area contributed by atoms with E-state index in [1.54, 1.807) is 0 Å². The number of alkyl halides is 3. The van der Waals surface area contributed by atoms with Gasteiger partial charge in [0, 0.05) is 22.9 Å². The van der Waals surface area contributed by atoms with Crippen LogP contribution in [0.5, 0.6) is 0 Å². The highest BCUT2D eigenvalue weighted by Crippen LogP contribution is 2.30. The van der Waals surface area contributed by atoms with Gasteiger partial charge in [0.05, 0.1) is 6.42 Å². The Bertz CT molecular complexity index is 314. The molecule has 0 bridgehead atoms. The van der Waals surface area contributed by atoms with Crippen molar-refractivity contribution in [3.05, 3.63) is 28.5 Å². The van der Waals surface area contributed by atoms with Gasteiger partial charge in [0.25, 0.3) is 0 Å². The summed E-state index contributed by atoms with van der Waals surface area (Å²) in [6.07, 6.45) is -2.44. The second kappa shape index (κ2) is 4.27. The minimum absolute atomic E-state index is 0.414. The molecule has 0 aliphatic carbocycles. The van der Waals surface area contributed by atoms with Crippen molar-refractivity contribution >= 4 is 15.9 Å². The molecule has 0 saturated carbocycles. The van der Waals surface area contributed by atoms with Crippen LogP contribution in [0.2, 0.25) is 0 Å². The average molecular weight is 269 g/mol. The molecule has 0 aliphatic heterocycles. The van der Waals surface area contributed by atoms with Crippen LogP contribution >= 0.6 is 15.9 Å². The summed E-state index contributed by atoms with van der Waals surface area (Å²) in [4.78, 5) is 3.74. The van der Waals surface area contributed by atoms with E-state index < -0.39 is 18.6 Å². The molecule has 0 fully saturated rings. The fourth-order valence-electron chi connectivity index (χ4n) is 1.05. The summed E-state index contributed by atoms with van der Waals surface area (Å²) >= 11 is 3.09. The van der Waals surface area contributed by atoms with Crippen molar-refractivity contribution < 1.29 is 13.2 Å². The van der Waals surface area contributed by atoms with Crippen molar-refractivity contribution in [1.29, 1.82) is 0 Å². The molecule has 0 saturated heterocycles. The van der Waals surface area contributed by atoms with E-state index in [-0.39, 0.29) is 0 Å². The van der Waals surface area contributed by atoms with E-state index in [1.807, 2.05) is 0 Å². The van der Waals surface area contributed by atoms with E-state index >= 15 is 0 Å². The molecule has 1 heterocycles. The van der Waals surface area contributed by atoms with E-state index in [0.29, 0.717) is 10.0 Å². The molecule has 0 amide bonds. The Morgan fingerprint density at radius 3 is 2.64 bits per heavy atom. The molecule has 2 N–H and O–H groups in total. The van der Waals surface area contributed by atoms with Gasteiger partial charge >= 0.3 is 6.18 Å². The first-order chi connectivity index (χ1) is 6.40. The highest BCUT2D eigenvalue weighted by atomic mass is 79.9. The van der Waals surface area contributed by atoms with E-state index in [0.717, 1.165) is 0 Å². The number of halogens is 4. The van der Waals surface area contributed by atoms with Crippen molar-refractivity contribution in [2.24, 2.45) is 5.73 Å². The molecule has 0 aliphatic rings. The zero-order valence-electron chi connectivity index (χ0n) is 7.05. The Morgan fingerprint density at radius 2 is 2.14 bits per heavy atom. The van der Waals surface area contributed by atoms with Gasteiger partial charge in [-0.2, -0.15) is 13.2 Å². The van der Waals surface area contributed by atoms with Gasteiger partial charge in [0.15, 0.2) is 0 Å². The van der Waals surface area contributed by atoms with Crippen LogP contribution in [0.3, 0.4) is 0 Å². The molecular weight excluding hydrogens is 261 g/mol. The Hall–Kier alpha value is -0.620. The second-order valence-electron chi connectivity index (χ2n) is 2.82. The third-order valence-corrected chi connectivity index (χ3v) is 2.32. The molecule has 1 atom stereocenters. The van der Waals surface area contributed by atoms with Crippen LogP contribution in [0, 0.1) is 0 Å². The van der Waals surface area contributed by atoms with Gasteiger partial charge in [-0.25, -0.2) is 0 Å². The minimum Gasteiger partial charge on any atom is -0.324 e. The van der Waals surface area contributed by atoms with E-state index in [4.69, 9.17) is 5.73 Å². The van der Waals surface area contributed by atoms with Crippen molar-refractivity contribution in [3.8, 4) is 0 Å². The largest absolute Gasteiger partial charge is 0.390 e. The fraction of sp³-hybridized carbons (Fsp3) is 0.375. The van der Waals surface area contributed by atoms with Crippen LogP contribution < -0.4 is 5.73 Å². The summed E-state index contributed by atoms with van der Waals surface area (Å²) in [5.74, 6) is 0. The summed E-state index contributed by atoms with van der Waals surface area (Å²) < 4.78 is 36.5. The Labute approximate surface area is 87.4 Å². The molecule has 1 aromatic rings. The van der Waals surface area contributed by atoms with Crippen molar-refractivity contribution in [2.45, 2.75) is 18.6 Å². The number of nitrogens with zero attached hydrogens (tertiary/aromatic N) is 1. The topological polar surface area (TPSA) is 38.9 Å². The molecule has 78 valence electrons. The average Bonchev–Trinajstić information content (AvgIpc) is 2.01. The molecule has 6 heteroatoms. The second-order valence-corrected chi connectivity index (χ2v) is 3.68. The predicted octanol–water partition coefficient (Wildman–Crippen LogP) is 2.80. The van der Waals surface area contributed by atoms with Gasteiger partial charge < -0.3 is 5.73 Å². The lowest BCUT2D eigenvalue weighted by molar-refractivity contribution is -0.138. The smallest absolute Gasteiger partial charge is 0.324 e. The van der Waals surface area contributed by atoms with E-state index in [1.165, 1.54) is 18.5 Å². The zero-order chi connectivity index (χ0) is 10.8. The van der Waals surface area contributed by atoms with Crippen molar-refractivity contribution in [3.63, 3.8) is 0 Å². The van der Waals surface area contributed by atoms with Crippen LogP contribution in [0.1, 0.15) is 18.0 Å². The molecule has 2 nitrogen and oxygen atoms in total. The maximum Gasteiger partial charge on any atom is 0.390 e. The van der Waals surface area contributed by atoms with Gasteiger partial charge in [-0.05, 0) is 27.6 Å². The minimum atomic E-state index is -4.25. The molecule has 1 rings (SSSR count). The number of hydrogen-bond donors (Lipinski definition) is 1. The highest BCUT2D eigenvalue weighted by molar-refractivity contribution is 9.10. The lowest BCUT2D eigenvalue weighted by Gasteiger charge is -2.15. The zero-order valence-corrected chi connectivity index (χ0v) is 8.64. The lowest BCUT2D eigenvalue weighted by Crippen LogP contribution is -2.20. The van der Waals surface area contributed by atoms with Gasteiger partial charge in [-0.1, -0.05) is 0 Å². The molecular formula is C8H8BrF3N2. The van der Waals surface area contributed by atoms with Gasteiger partial charge in [-0.15, -0.1) is 0 Å². The van der Waals surface area contributed by atoms with Crippen LogP contribution in [0.25, 0.3) is 0 Å². The van der Waals surface area contributed by atoms with Crippen LogP contribution in [-0.2, 0) is 0 Å².